The highest BCUT2D eigenvalue weighted by atomic mass is 16.4. The molecule has 1 amide bonds. The largest absolute Gasteiger partial charge is 0.481 e. The standard InChI is InChI=1S/C20H19NO4/c22-18(14-7-2-1-3-8-14)16-10-4-5-11-17(16)19(23)21-12-6-9-15(13-21)20(24)25/h1-5,7-8,10-11,15H,6,9,12-13H2,(H,24,25). The molecule has 5 heteroatoms. The molecule has 0 aliphatic carbocycles. The second-order valence-electron chi connectivity index (χ2n) is 6.17. The Morgan fingerprint density at radius 1 is 0.920 bits per heavy atom. The number of carbonyl (C=O) groups excluding carboxylic acids is 2. The summed E-state index contributed by atoms with van der Waals surface area (Å²) < 4.78 is 0. The number of likely N-dealkylation sites (tertiary alicyclic amines) is 1. The number of piperidine rings is 1. The van der Waals surface area contributed by atoms with E-state index in [4.69, 9.17) is 0 Å². The monoisotopic (exact) mass is 337 g/mol. The average molecular weight is 337 g/mol. The Bertz CT molecular complexity index is 800. The van der Waals surface area contributed by atoms with Gasteiger partial charge in [-0.2, -0.15) is 0 Å². The zero-order chi connectivity index (χ0) is 17.8. The molecule has 1 aliphatic heterocycles. The Labute approximate surface area is 145 Å². The minimum absolute atomic E-state index is 0.183. The van der Waals surface area contributed by atoms with Crippen molar-refractivity contribution in [2.24, 2.45) is 5.92 Å². The fraction of sp³-hybridized carbons (Fsp3) is 0.250. The first-order chi connectivity index (χ1) is 12.1. The summed E-state index contributed by atoms with van der Waals surface area (Å²) in [4.78, 5) is 38.4. The zero-order valence-corrected chi connectivity index (χ0v) is 13.7. The molecule has 5 nitrogen and oxygen atoms in total. The van der Waals surface area contributed by atoms with Gasteiger partial charge in [-0.05, 0) is 18.9 Å². The van der Waals surface area contributed by atoms with Crippen LogP contribution >= 0.6 is 0 Å². The van der Waals surface area contributed by atoms with Crippen LogP contribution in [-0.2, 0) is 4.79 Å². The van der Waals surface area contributed by atoms with Crippen LogP contribution in [0.2, 0.25) is 0 Å². The fourth-order valence-corrected chi connectivity index (χ4v) is 3.15. The maximum Gasteiger partial charge on any atom is 0.308 e. The molecule has 1 heterocycles. The maximum absolute atomic E-state index is 12.9. The van der Waals surface area contributed by atoms with E-state index in [1.54, 1.807) is 53.4 Å². The van der Waals surface area contributed by atoms with E-state index in [0.29, 0.717) is 36.1 Å². The number of nitrogens with zero attached hydrogens (tertiary/aromatic N) is 1. The Kier molecular flexibility index (Phi) is 4.93. The molecule has 1 unspecified atom stereocenters. The molecule has 0 saturated carbocycles. The highest BCUT2D eigenvalue weighted by molar-refractivity contribution is 6.15. The lowest BCUT2D eigenvalue weighted by atomic mass is 9.95. The first kappa shape index (κ1) is 16.9. The van der Waals surface area contributed by atoms with Crippen LogP contribution in [0.1, 0.15) is 39.1 Å². The number of carboxylic acids is 1. The third-order valence-electron chi connectivity index (χ3n) is 4.50. The molecular formula is C20H19NO4. The molecule has 1 fully saturated rings. The Hall–Kier alpha value is -2.95. The Balaban J connectivity index is 1.89. The van der Waals surface area contributed by atoms with Crippen molar-refractivity contribution >= 4 is 17.7 Å². The number of carboxylic acid groups (broad SMARTS) is 1. The molecule has 2 aromatic rings. The minimum atomic E-state index is -0.883. The van der Waals surface area contributed by atoms with E-state index in [9.17, 15) is 19.5 Å². The topological polar surface area (TPSA) is 74.7 Å². The van der Waals surface area contributed by atoms with Crippen molar-refractivity contribution in [1.29, 1.82) is 0 Å². The normalized spacial score (nSPS) is 17.1. The van der Waals surface area contributed by atoms with Crippen LogP contribution in [0, 0.1) is 5.92 Å². The molecule has 128 valence electrons. The molecule has 1 saturated heterocycles. The lowest BCUT2D eigenvalue weighted by molar-refractivity contribution is -0.143. The van der Waals surface area contributed by atoms with Crippen LogP contribution in [-0.4, -0.2) is 40.8 Å². The maximum atomic E-state index is 12.9. The first-order valence-corrected chi connectivity index (χ1v) is 8.29. The van der Waals surface area contributed by atoms with Crippen LogP contribution in [0.25, 0.3) is 0 Å². The molecule has 0 spiro atoms. The predicted octanol–water partition coefficient (Wildman–Crippen LogP) is 2.85. The zero-order valence-electron chi connectivity index (χ0n) is 13.7. The number of benzene rings is 2. The first-order valence-electron chi connectivity index (χ1n) is 8.29. The van der Waals surface area contributed by atoms with Crippen molar-refractivity contribution in [3.05, 3.63) is 71.3 Å². The highest BCUT2D eigenvalue weighted by Gasteiger charge is 2.30. The van der Waals surface area contributed by atoms with Gasteiger partial charge < -0.3 is 10.0 Å². The van der Waals surface area contributed by atoms with Gasteiger partial charge >= 0.3 is 5.97 Å². The molecule has 2 aromatic carbocycles. The van der Waals surface area contributed by atoms with Crippen LogP contribution in [0.5, 0.6) is 0 Å². The van der Waals surface area contributed by atoms with E-state index in [1.807, 2.05) is 6.07 Å². The van der Waals surface area contributed by atoms with Crippen LogP contribution in [0.3, 0.4) is 0 Å². The third-order valence-corrected chi connectivity index (χ3v) is 4.50. The van der Waals surface area contributed by atoms with E-state index in [0.717, 1.165) is 0 Å². The van der Waals surface area contributed by atoms with Crippen molar-refractivity contribution < 1.29 is 19.5 Å². The van der Waals surface area contributed by atoms with Gasteiger partial charge in [-0.15, -0.1) is 0 Å². The lowest BCUT2D eigenvalue weighted by Crippen LogP contribution is -2.42. The van der Waals surface area contributed by atoms with Gasteiger partial charge in [0, 0.05) is 24.2 Å². The summed E-state index contributed by atoms with van der Waals surface area (Å²) in [6.07, 6.45) is 1.22. The van der Waals surface area contributed by atoms with Crippen molar-refractivity contribution in [3.63, 3.8) is 0 Å². The molecule has 3 rings (SSSR count). The van der Waals surface area contributed by atoms with E-state index in [2.05, 4.69) is 0 Å². The number of ketones is 1. The van der Waals surface area contributed by atoms with Gasteiger partial charge in [-0.25, -0.2) is 0 Å². The fourth-order valence-electron chi connectivity index (χ4n) is 3.15. The summed E-state index contributed by atoms with van der Waals surface area (Å²) >= 11 is 0. The second kappa shape index (κ2) is 7.30. The molecule has 25 heavy (non-hydrogen) atoms. The molecule has 0 aromatic heterocycles. The van der Waals surface area contributed by atoms with Crippen molar-refractivity contribution in [3.8, 4) is 0 Å². The van der Waals surface area contributed by atoms with Gasteiger partial charge in [0.25, 0.3) is 5.91 Å². The Morgan fingerprint density at radius 3 is 2.24 bits per heavy atom. The van der Waals surface area contributed by atoms with Gasteiger partial charge in [-0.1, -0.05) is 48.5 Å². The summed E-state index contributed by atoms with van der Waals surface area (Å²) in [5, 5.41) is 9.21. The summed E-state index contributed by atoms with van der Waals surface area (Å²) in [5.41, 5.74) is 1.18. The second-order valence-corrected chi connectivity index (χ2v) is 6.17. The van der Waals surface area contributed by atoms with Gasteiger partial charge in [0.1, 0.15) is 0 Å². The van der Waals surface area contributed by atoms with Gasteiger partial charge in [0.2, 0.25) is 0 Å². The highest BCUT2D eigenvalue weighted by Crippen LogP contribution is 2.22. The Morgan fingerprint density at radius 2 is 1.56 bits per heavy atom. The molecule has 1 aliphatic rings. The van der Waals surface area contributed by atoms with Gasteiger partial charge in [0.05, 0.1) is 11.5 Å². The van der Waals surface area contributed by atoms with Gasteiger partial charge in [-0.3, -0.25) is 14.4 Å². The number of carbonyl (C=O) groups is 3. The third kappa shape index (κ3) is 3.60. The van der Waals surface area contributed by atoms with Crippen molar-refractivity contribution in [2.45, 2.75) is 12.8 Å². The number of aliphatic carboxylic acids is 1. The van der Waals surface area contributed by atoms with E-state index < -0.39 is 11.9 Å². The molecular weight excluding hydrogens is 318 g/mol. The number of rotatable bonds is 4. The summed E-state index contributed by atoms with van der Waals surface area (Å²) in [6, 6.07) is 15.5. The average Bonchev–Trinajstić information content (AvgIpc) is 2.67. The summed E-state index contributed by atoms with van der Waals surface area (Å²) in [5.74, 6) is -1.93. The molecule has 1 N–H and O–H groups in total. The number of hydrogen-bond donors (Lipinski definition) is 1. The minimum Gasteiger partial charge on any atom is -0.481 e. The summed E-state index contributed by atoms with van der Waals surface area (Å²) in [6.45, 7) is 0.693. The van der Waals surface area contributed by atoms with E-state index in [-0.39, 0.29) is 18.2 Å². The number of amides is 1. The van der Waals surface area contributed by atoms with E-state index in [1.165, 1.54) is 0 Å². The molecule has 0 bridgehead atoms. The van der Waals surface area contributed by atoms with Gasteiger partial charge in [0.15, 0.2) is 5.78 Å². The van der Waals surface area contributed by atoms with Crippen molar-refractivity contribution in [2.75, 3.05) is 13.1 Å². The smallest absolute Gasteiger partial charge is 0.308 e. The van der Waals surface area contributed by atoms with Crippen molar-refractivity contribution in [1.82, 2.24) is 4.90 Å². The SMILES string of the molecule is O=C(c1ccccc1)c1ccccc1C(=O)N1CCCC(C(=O)O)C1. The van der Waals surface area contributed by atoms with Crippen LogP contribution < -0.4 is 0 Å². The predicted molar refractivity (Wildman–Crippen MR) is 92.6 cm³/mol. The quantitative estimate of drug-likeness (QED) is 0.871. The summed E-state index contributed by atoms with van der Waals surface area (Å²) in [7, 11) is 0. The molecule has 1 atom stereocenters. The van der Waals surface area contributed by atoms with E-state index >= 15 is 0 Å². The van der Waals surface area contributed by atoms with Crippen LogP contribution in [0.15, 0.2) is 54.6 Å². The number of hydrogen-bond acceptors (Lipinski definition) is 3. The molecule has 0 radical (unpaired) electrons. The lowest BCUT2D eigenvalue weighted by Gasteiger charge is -2.31. The van der Waals surface area contributed by atoms with Crippen LogP contribution in [0.4, 0.5) is 0 Å².